The van der Waals surface area contributed by atoms with Gasteiger partial charge in [0.15, 0.2) is 5.92 Å². The van der Waals surface area contributed by atoms with Gasteiger partial charge in [0.1, 0.15) is 6.04 Å². The highest BCUT2D eigenvalue weighted by atomic mass is 35.5. The Hall–Kier alpha value is -3.06. The molecular formula is C24H27ClN4O3. The van der Waals surface area contributed by atoms with Gasteiger partial charge in [-0.15, -0.1) is 0 Å². The zero-order valence-electron chi connectivity index (χ0n) is 18.3. The predicted octanol–water partition coefficient (Wildman–Crippen LogP) is 3.18. The fourth-order valence-corrected chi connectivity index (χ4v) is 4.27. The van der Waals surface area contributed by atoms with Crippen LogP contribution in [0, 0.1) is 12.8 Å². The summed E-state index contributed by atoms with van der Waals surface area (Å²) in [5.41, 5.74) is 2.99. The number of carbonyl (C=O) groups is 2. The summed E-state index contributed by atoms with van der Waals surface area (Å²) in [7, 11) is 0. The Morgan fingerprint density at radius 2 is 1.81 bits per heavy atom. The first-order chi connectivity index (χ1) is 15.5. The number of aliphatic imine (C=N–C) groups is 1. The van der Waals surface area contributed by atoms with Gasteiger partial charge < -0.3 is 14.5 Å². The number of hydrogen-bond donors (Lipinski definition) is 1. The monoisotopic (exact) mass is 454 g/mol. The van der Waals surface area contributed by atoms with E-state index >= 15 is 0 Å². The molecule has 2 aromatic rings. The van der Waals surface area contributed by atoms with Crippen LogP contribution in [0.3, 0.4) is 0 Å². The van der Waals surface area contributed by atoms with Crippen LogP contribution in [0.5, 0.6) is 0 Å². The summed E-state index contributed by atoms with van der Waals surface area (Å²) in [6.45, 7) is 6.90. The topological polar surface area (TPSA) is 74.2 Å². The summed E-state index contributed by atoms with van der Waals surface area (Å²) >= 11 is 6.00. The summed E-state index contributed by atoms with van der Waals surface area (Å²) in [6, 6.07) is 14.9. The molecule has 2 atom stereocenters. The van der Waals surface area contributed by atoms with Crippen molar-refractivity contribution in [2.24, 2.45) is 10.9 Å². The molecule has 2 aromatic carbocycles. The van der Waals surface area contributed by atoms with Gasteiger partial charge in [-0.2, -0.15) is 0 Å². The van der Waals surface area contributed by atoms with Gasteiger partial charge in [0.25, 0.3) is 0 Å². The standard InChI is InChI=1S/C24H27ClN4O3/c1-3-32-23(31)20-21(17-6-4-5-16(2)15-17)26-24(27-22(20)30)29-13-11-28(12-14-29)19-9-7-18(25)8-10-19/h4-10,15,20-21H,3,11-14H2,1-2H3,(H,26,27,30)/t20-,21-/m1/s1. The van der Waals surface area contributed by atoms with Crippen LogP contribution < -0.4 is 10.2 Å². The minimum atomic E-state index is -1.00. The zero-order valence-corrected chi connectivity index (χ0v) is 19.0. The number of guanidine groups is 1. The highest BCUT2D eigenvalue weighted by Gasteiger charge is 2.42. The van der Waals surface area contributed by atoms with Gasteiger partial charge >= 0.3 is 5.97 Å². The molecule has 0 unspecified atom stereocenters. The summed E-state index contributed by atoms with van der Waals surface area (Å²) in [4.78, 5) is 34.8. The van der Waals surface area contributed by atoms with E-state index in [-0.39, 0.29) is 12.5 Å². The number of carbonyl (C=O) groups excluding carboxylic acids is 2. The number of amides is 1. The van der Waals surface area contributed by atoms with Crippen LogP contribution in [0.2, 0.25) is 5.02 Å². The van der Waals surface area contributed by atoms with Crippen LogP contribution in [0.15, 0.2) is 53.5 Å². The molecule has 1 amide bonds. The number of nitrogens with one attached hydrogen (secondary N) is 1. The Bertz CT molecular complexity index is 1020. The second-order valence-electron chi connectivity index (χ2n) is 7.98. The van der Waals surface area contributed by atoms with E-state index in [2.05, 4.69) is 15.1 Å². The van der Waals surface area contributed by atoms with Crippen LogP contribution >= 0.6 is 11.6 Å². The second kappa shape index (κ2) is 9.61. The predicted molar refractivity (Wildman–Crippen MR) is 125 cm³/mol. The Labute approximate surface area is 193 Å². The largest absolute Gasteiger partial charge is 0.465 e. The van der Waals surface area contributed by atoms with Crippen molar-refractivity contribution in [3.05, 3.63) is 64.7 Å². The van der Waals surface area contributed by atoms with Crippen molar-refractivity contribution in [2.45, 2.75) is 19.9 Å². The van der Waals surface area contributed by atoms with Crippen molar-refractivity contribution >= 4 is 35.1 Å². The molecule has 168 valence electrons. The van der Waals surface area contributed by atoms with Crippen LogP contribution in [0.4, 0.5) is 5.69 Å². The number of benzene rings is 2. The Kier molecular flexibility index (Phi) is 6.65. The van der Waals surface area contributed by atoms with Crippen LogP contribution in [0.25, 0.3) is 0 Å². The molecule has 8 heteroatoms. The average Bonchev–Trinajstić information content (AvgIpc) is 2.79. The summed E-state index contributed by atoms with van der Waals surface area (Å²) in [5, 5.41) is 3.57. The maximum atomic E-state index is 13.0. The Balaban J connectivity index is 1.56. The first-order valence-corrected chi connectivity index (χ1v) is 11.2. The van der Waals surface area contributed by atoms with Gasteiger partial charge in [-0.3, -0.25) is 14.9 Å². The van der Waals surface area contributed by atoms with Crippen LogP contribution in [-0.4, -0.2) is 55.5 Å². The molecule has 2 aliphatic heterocycles. The van der Waals surface area contributed by atoms with E-state index in [0.717, 1.165) is 29.9 Å². The minimum Gasteiger partial charge on any atom is -0.465 e. The maximum Gasteiger partial charge on any atom is 0.321 e. The molecule has 0 aromatic heterocycles. The molecule has 0 radical (unpaired) electrons. The molecular weight excluding hydrogens is 428 g/mol. The molecule has 0 bridgehead atoms. The summed E-state index contributed by atoms with van der Waals surface area (Å²) < 4.78 is 5.19. The molecule has 0 aliphatic carbocycles. The van der Waals surface area contributed by atoms with E-state index in [4.69, 9.17) is 21.3 Å². The first kappa shape index (κ1) is 22.1. The third kappa shape index (κ3) is 4.72. The van der Waals surface area contributed by atoms with Crippen molar-refractivity contribution < 1.29 is 14.3 Å². The number of piperazine rings is 1. The molecule has 7 nitrogen and oxygen atoms in total. The van der Waals surface area contributed by atoms with Crippen molar-refractivity contribution in [1.29, 1.82) is 0 Å². The highest BCUT2D eigenvalue weighted by molar-refractivity contribution is 6.30. The molecule has 2 heterocycles. The van der Waals surface area contributed by atoms with Crippen molar-refractivity contribution in [2.75, 3.05) is 37.7 Å². The van der Waals surface area contributed by atoms with Gasteiger partial charge in [0, 0.05) is 36.9 Å². The number of halogens is 1. The number of esters is 1. The molecule has 1 N–H and O–H groups in total. The molecule has 0 spiro atoms. The SMILES string of the molecule is CCOC(=O)[C@H]1C(=O)NC(N2CCN(c3ccc(Cl)cc3)CC2)=N[C@@H]1c1cccc(C)c1. The van der Waals surface area contributed by atoms with Gasteiger partial charge in [-0.05, 0) is 43.7 Å². The zero-order chi connectivity index (χ0) is 22.7. The molecule has 32 heavy (non-hydrogen) atoms. The number of rotatable bonds is 4. The van der Waals surface area contributed by atoms with E-state index in [1.54, 1.807) is 6.92 Å². The summed E-state index contributed by atoms with van der Waals surface area (Å²) in [5.74, 6) is -1.42. The lowest BCUT2D eigenvalue weighted by Gasteiger charge is -2.39. The van der Waals surface area contributed by atoms with E-state index in [9.17, 15) is 9.59 Å². The Morgan fingerprint density at radius 1 is 1.12 bits per heavy atom. The van der Waals surface area contributed by atoms with E-state index in [0.29, 0.717) is 24.1 Å². The molecule has 1 saturated heterocycles. The number of aryl methyl sites for hydroxylation is 1. The van der Waals surface area contributed by atoms with Crippen LogP contribution in [0.1, 0.15) is 24.1 Å². The number of anilines is 1. The number of ether oxygens (including phenoxy) is 1. The van der Waals surface area contributed by atoms with Crippen molar-refractivity contribution in [3.8, 4) is 0 Å². The fourth-order valence-electron chi connectivity index (χ4n) is 4.15. The molecule has 4 rings (SSSR count). The lowest BCUT2D eigenvalue weighted by molar-refractivity contribution is -0.153. The fraction of sp³-hybridized carbons (Fsp3) is 0.375. The van der Waals surface area contributed by atoms with Gasteiger partial charge in [-0.1, -0.05) is 41.4 Å². The van der Waals surface area contributed by atoms with Gasteiger partial charge in [0.05, 0.1) is 6.61 Å². The Morgan fingerprint density at radius 3 is 2.47 bits per heavy atom. The molecule has 0 saturated carbocycles. The van der Waals surface area contributed by atoms with Gasteiger partial charge in [0.2, 0.25) is 11.9 Å². The quantitative estimate of drug-likeness (QED) is 0.567. The second-order valence-corrected chi connectivity index (χ2v) is 8.42. The number of hydrogen-bond acceptors (Lipinski definition) is 6. The summed E-state index contributed by atoms with van der Waals surface area (Å²) in [6.07, 6.45) is 0. The number of nitrogens with zero attached hydrogens (tertiary/aromatic N) is 3. The average molecular weight is 455 g/mol. The highest BCUT2D eigenvalue weighted by Crippen LogP contribution is 2.31. The van der Waals surface area contributed by atoms with E-state index in [1.807, 2.05) is 55.5 Å². The van der Waals surface area contributed by atoms with E-state index < -0.39 is 17.9 Å². The lowest BCUT2D eigenvalue weighted by atomic mass is 9.90. The van der Waals surface area contributed by atoms with Crippen molar-refractivity contribution in [3.63, 3.8) is 0 Å². The van der Waals surface area contributed by atoms with Crippen molar-refractivity contribution in [1.82, 2.24) is 10.2 Å². The normalized spacial score (nSPS) is 21.1. The maximum absolute atomic E-state index is 13.0. The van der Waals surface area contributed by atoms with E-state index in [1.165, 1.54) is 0 Å². The third-order valence-corrected chi connectivity index (χ3v) is 6.04. The molecule has 1 fully saturated rings. The van der Waals surface area contributed by atoms with Crippen LogP contribution in [-0.2, 0) is 14.3 Å². The minimum absolute atomic E-state index is 0.215. The lowest BCUT2D eigenvalue weighted by Crippen LogP contribution is -2.57. The first-order valence-electron chi connectivity index (χ1n) is 10.8. The smallest absolute Gasteiger partial charge is 0.321 e. The van der Waals surface area contributed by atoms with Gasteiger partial charge in [-0.25, -0.2) is 4.99 Å². The third-order valence-electron chi connectivity index (χ3n) is 5.79. The molecule has 2 aliphatic rings.